The molecular weight excluding hydrogens is 327 g/mol. The smallest absolute Gasteiger partial charge is 0.260 e. The van der Waals surface area contributed by atoms with E-state index in [-0.39, 0.29) is 11.4 Å². The highest BCUT2D eigenvalue weighted by Crippen LogP contribution is 2.11. The van der Waals surface area contributed by atoms with E-state index in [1.807, 2.05) is 0 Å². The van der Waals surface area contributed by atoms with Crippen molar-refractivity contribution in [3.05, 3.63) is 68.3 Å². The number of benzene rings is 1. The van der Waals surface area contributed by atoms with Crippen molar-refractivity contribution in [3.63, 3.8) is 0 Å². The first-order chi connectivity index (χ1) is 9.47. The monoisotopic (exact) mass is 338 g/mol. The lowest BCUT2D eigenvalue weighted by Gasteiger charge is -2.17. The predicted molar refractivity (Wildman–Crippen MR) is 77.0 cm³/mol. The number of nitrogens with zero attached hydrogens (tertiary/aromatic N) is 1. The van der Waals surface area contributed by atoms with E-state index in [1.54, 1.807) is 19.2 Å². The molecule has 0 unspecified atom stereocenters. The van der Waals surface area contributed by atoms with Crippen LogP contribution < -0.4 is 5.56 Å². The van der Waals surface area contributed by atoms with E-state index in [1.165, 1.54) is 29.3 Å². The van der Waals surface area contributed by atoms with Gasteiger partial charge in [-0.2, -0.15) is 0 Å². The molecule has 0 radical (unpaired) electrons. The van der Waals surface area contributed by atoms with Crippen LogP contribution in [0.15, 0.2) is 45.8 Å². The number of hydrogen-bond donors (Lipinski definition) is 1. The summed E-state index contributed by atoms with van der Waals surface area (Å²) in [7, 11) is 1.59. The summed E-state index contributed by atoms with van der Waals surface area (Å²) >= 11 is 3.21. The number of aromatic nitrogens is 1. The Morgan fingerprint density at radius 2 is 2.00 bits per heavy atom. The van der Waals surface area contributed by atoms with Crippen molar-refractivity contribution in [2.45, 2.75) is 6.54 Å². The Kier molecular flexibility index (Phi) is 4.34. The molecule has 0 aliphatic rings. The Balaban J connectivity index is 2.18. The molecule has 1 aromatic heterocycles. The number of carbonyl (C=O) groups is 1. The van der Waals surface area contributed by atoms with Crippen molar-refractivity contribution in [1.82, 2.24) is 9.88 Å². The maximum Gasteiger partial charge on any atom is 0.260 e. The fourth-order valence-corrected chi connectivity index (χ4v) is 2.10. The van der Waals surface area contributed by atoms with E-state index < -0.39 is 11.5 Å². The molecule has 0 saturated carbocycles. The number of pyridine rings is 1. The van der Waals surface area contributed by atoms with Gasteiger partial charge in [0.25, 0.3) is 11.5 Å². The number of rotatable bonds is 3. The highest BCUT2D eigenvalue weighted by atomic mass is 79.9. The molecule has 0 bridgehead atoms. The van der Waals surface area contributed by atoms with Crippen LogP contribution in [0, 0.1) is 5.82 Å². The van der Waals surface area contributed by atoms with Crippen LogP contribution in [0.5, 0.6) is 0 Å². The van der Waals surface area contributed by atoms with Gasteiger partial charge in [-0.1, -0.05) is 12.1 Å². The SMILES string of the molecule is CN(Cc1ccc(F)cc1)C(=O)c1cc(Br)c[nH]c1=O. The largest absolute Gasteiger partial charge is 0.337 e. The third-order valence-corrected chi connectivity index (χ3v) is 3.24. The van der Waals surface area contributed by atoms with Gasteiger partial charge in [-0.25, -0.2) is 4.39 Å². The van der Waals surface area contributed by atoms with Gasteiger partial charge < -0.3 is 9.88 Å². The first-order valence-electron chi connectivity index (χ1n) is 5.85. The van der Waals surface area contributed by atoms with Gasteiger partial charge in [-0.3, -0.25) is 9.59 Å². The average molecular weight is 339 g/mol. The zero-order valence-corrected chi connectivity index (χ0v) is 12.3. The van der Waals surface area contributed by atoms with Gasteiger partial charge in [-0.05, 0) is 39.7 Å². The molecule has 0 spiro atoms. The molecule has 0 atom stereocenters. The molecule has 0 fully saturated rings. The second-order valence-electron chi connectivity index (χ2n) is 4.35. The second kappa shape index (κ2) is 6.00. The molecule has 6 heteroatoms. The summed E-state index contributed by atoms with van der Waals surface area (Å²) in [6.07, 6.45) is 1.47. The summed E-state index contributed by atoms with van der Waals surface area (Å²) in [6, 6.07) is 7.34. The number of aromatic amines is 1. The number of H-pyrrole nitrogens is 1. The number of halogens is 2. The zero-order chi connectivity index (χ0) is 14.7. The summed E-state index contributed by atoms with van der Waals surface area (Å²) in [4.78, 5) is 27.7. The molecule has 1 heterocycles. The molecule has 104 valence electrons. The highest BCUT2D eigenvalue weighted by Gasteiger charge is 2.16. The van der Waals surface area contributed by atoms with E-state index in [4.69, 9.17) is 0 Å². The van der Waals surface area contributed by atoms with Crippen molar-refractivity contribution >= 4 is 21.8 Å². The minimum Gasteiger partial charge on any atom is -0.337 e. The van der Waals surface area contributed by atoms with Crippen LogP contribution in [0.2, 0.25) is 0 Å². The zero-order valence-electron chi connectivity index (χ0n) is 10.7. The lowest BCUT2D eigenvalue weighted by atomic mass is 10.2. The van der Waals surface area contributed by atoms with Crippen molar-refractivity contribution < 1.29 is 9.18 Å². The Hall–Kier alpha value is -1.95. The number of hydrogen-bond acceptors (Lipinski definition) is 2. The van der Waals surface area contributed by atoms with E-state index in [2.05, 4.69) is 20.9 Å². The fraction of sp³-hybridized carbons (Fsp3) is 0.143. The summed E-state index contributed by atoms with van der Waals surface area (Å²) in [5.41, 5.74) is 0.404. The van der Waals surface area contributed by atoms with Crippen LogP contribution in [-0.4, -0.2) is 22.8 Å². The Bertz CT molecular complexity index is 682. The fourth-order valence-electron chi connectivity index (χ4n) is 1.76. The lowest BCUT2D eigenvalue weighted by molar-refractivity contribution is 0.0783. The molecule has 1 aromatic carbocycles. The van der Waals surface area contributed by atoms with E-state index in [0.717, 1.165) is 5.56 Å². The molecule has 1 N–H and O–H groups in total. The van der Waals surface area contributed by atoms with Crippen molar-refractivity contribution in [1.29, 1.82) is 0 Å². The summed E-state index contributed by atoms with van der Waals surface area (Å²) in [5.74, 6) is -0.719. The van der Waals surface area contributed by atoms with Crippen LogP contribution in [0.3, 0.4) is 0 Å². The molecule has 0 aliphatic carbocycles. The molecule has 1 amide bonds. The Morgan fingerprint density at radius 1 is 1.35 bits per heavy atom. The predicted octanol–water partition coefficient (Wildman–Crippen LogP) is 2.55. The highest BCUT2D eigenvalue weighted by molar-refractivity contribution is 9.10. The van der Waals surface area contributed by atoms with Gasteiger partial charge in [0.1, 0.15) is 11.4 Å². The average Bonchev–Trinajstić information content (AvgIpc) is 2.43. The van der Waals surface area contributed by atoms with Crippen LogP contribution in [-0.2, 0) is 6.54 Å². The van der Waals surface area contributed by atoms with Crippen LogP contribution >= 0.6 is 15.9 Å². The molecular formula is C14H12BrFN2O2. The minimum absolute atomic E-state index is 0.0592. The van der Waals surface area contributed by atoms with E-state index >= 15 is 0 Å². The quantitative estimate of drug-likeness (QED) is 0.934. The third-order valence-electron chi connectivity index (χ3n) is 2.78. The Morgan fingerprint density at radius 3 is 2.65 bits per heavy atom. The first-order valence-corrected chi connectivity index (χ1v) is 6.65. The molecule has 0 aliphatic heterocycles. The van der Waals surface area contributed by atoms with Gasteiger partial charge in [-0.15, -0.1) is 0 Å². The van der Waals surface area contributed by atoms with Gasteiger partial charge in [0.2, 0.25) is 0 Å². The third kappa shape index (κ3) is 3.33. The van der Waals surface area contributed by atoms with Crippen LogP contribution in [0.4, 0.5) is 4.39 Å². The maximum atomic E-state index is 12.8. The van der Waals surface area contributed by atoms with Crippen LogP contribution in [0.25, 0.3) is 0 Å². The number of nitrogens with one attached hydrogen (secondary N) is 1. The lowest BCUT2D eigenvalue weighted by Crippen LogP contribution is -2.31. The maximum absolute atomic E-state index is 12.8. The summed E-state index contributed by atoms with van der Waals surface area (Å²) in [5, 5.41) is 0. The molecule has 0 saturated heterocycles. The van der Waals surface area contributed by atoms with Crippen molar-refractivity contribution in [3.8, 4) is 0 Å². The molecule has 20 heavy (non-hydrogen) atoms. The minimum atomic E-state index is -0.441. The second-order valence-corrected chi connectivity index (χ2v) is 5.26. The van der Waals surface area contributed by atoms with Crippen molar-refractivity contribution in [2.24, 2.45) is 0 Å². The topological polar surface area (TPSA) is 53.2 Å². The normalized spacial score (nSPS) is 10.3. The van der Waals surface area contributed by atoms with Crippen molar-refractivity contribution in [2.75, 3.05) is 7.05 Å². The number of amides is 1. The molecule has 4 nitrogen and oxygen atoms in total. The summed E-state index contributed by atoms with van der Waals surface area (Å²) in [6.45, 7) is 0.297. The van der Waals surface area contributed by atoms with E-state index in [0.29, 0.717) is 11.0 Å². The Labute approximate surface area is 123 Å². The molecule has 2 aromatic rings. The van der Waals surface area contributed by atoms with Gasteiger partial charge in [0.15, 0.2) is 0 Å². The van der Waals surface area contributed by atoms with Gasteiger partial charge in [0, 0.05) is 24.3 Å². The first kappa shape index (κ1) is 14.5. The van der Waals surface area contributed by atoms with Gasteiger partial charge in [0.05, 0.1) is 0 Å². The molecule has 2 rings (SSSR count). The van der Waals surface area contributed by atoms with Gasteiger partial charge >= 0.3 is 0 Å². The summed E-state index contributed by atoms with van der Waals surface area (Å²) < 4.78 is 13.4. The number of carbonyl (C=O) groups excluding carboxylic acids is 1. The van der Waals surface area contributed by atoms with Crippen LogP contribution in [0.1, 0.15) is 15.9 Å². The van der Waals surface area contributed by atoms with E-state index in [9.17, 15) is 14.0 Å². The standard InChI is InChI=1S/C14H12BrFN2O2/c1-18(8-9-2-4-11(16)5-3-9)14(20)12-6-10(15)7-17-13(12)19/h2-7H,8H2,1H3,(H,17,19).